The van der Waals surface area contributed by atoms with Crippen molar-refractivity contribution in [3.63, 3.8) is 0 Å². The van der Waals surface area contributed by atoms with Crippen LogP contribution in [0.5, 0.6) is 17.2 Å². The highest BCUT2D eigenvalue weighted by atomic mass is 79.9. The molecule has 5 aromatic rings. The first kappa shape index (κ1) is 26.5. The highest BCUT2D eigenvalue weighted by molar-refractivity contribution is 9.13. The average molecular weight is 652 g/mol. The molecular weight excluding hydrogens is 632 g/mol. The van der Waals surface area contributed by atoms with Crippen molar-refractivity contribution in [2.45, 2.75) is 6.92 Å². The third-order valence-corrected chi connectivity index (χ3v) is 7.91. The lowest BCUT2D eigenvalue weighted by Crippen LogP contribution is -2.20. The third kappa shape index (κ3) is 5.01. The number of halogens is 2. The lowest BCUT2D eigenvalue weighted by atomic mass is 10.2. The molecule has 0 fully saturated rings. The Labute approximate surface area is 239 Å². The summed E-state index contributed by atoms with van der Waals surface area (Å²) in [6, 6.07) is 17.9. The average Bonchev–Trinajstić information content (AvgIpc) is 3.39. The van der Waals surface area contributed by atoms with Crippen molar-refractivity contribution >= 4 is 59.9 Å². The van der Waals surface area contributed by atoms with Crippen molar-refractivity contribution in [3.05, 3.63) is 79.5 Å². The number of furan rings is 1. The fourth-order valence-corrected chi connectivity index (χ4v) is 4.97. The van der Waals surface area contributed by atoms with Gasteiger partial charge in [0.05, 0.1) is 40.7 Å². The topological polar surface area (TPSA) is 112 Å². The van der Waals surface area contributed by atoms with Crippen LogP contribution in [0.2, 0.25) is 0 Å². The van der Waals surface area contributed by atoms with Gasteiger partial charge < -0.3 is 18.6 Å². The van der Waals surface area contributed by atoms with E-state index in [1.54, 1.807) is 37.4 Å². The Balaban J connectivity index is 1.69. The Morgan fingerprint density at radius 2 is 1.90 bits per heavy atom. The Morgan fingerprint density at radius 3 is 2.67 bits per heavy atom. The van der Waals surface area contributed by atoms with Crippen LogP contribution in [-0.2, 0) is 0 Å². The van der Waals surface area contributed by atoms with Gasteiger partial charge in [-0.2, -0.15) is 15.0 Å². The van der Waals surface area contributed by atoms with E-state index in [-0.39, 0.29) is 18.0 Å². The fourth-order valence-electron chi connectivity index (χ4n) is 4.03. The Kier molecular flexibility index (Phi) is 7.67. The van der Waals surface area contributed by atoms with E-state index in [1.807, 2.05) is 37.3 Å². The molecule has 0 saturated carbocycles. The zero-order valence-electron chi connectivity index (χ0n) is 20.8. The molecule has 0 aliphatic rings. The summed E-state index contributed by atoms with van der Waals surface area (Å²) in [5.41, 5.74) is 1.32. The van der Waals surface area contributed by atoms with Crippen LogP contribution in [0.15, 0.2) is 77.9 Å². The van der Waals surface area contributed by atoms with Crippen molar-refractivity contribution < 1.29 is 18.6 Å². The highest BCUT2D eigenvalue weighted by Crippen LogP contribution is 2.42. The van der Waals surface area contributed by atoms with Gasteiger partial charge in [-0.3, -0.25) is 4.79 Å². The van der Waals surface area contributed by atoms with E-state index in [0.29, 0.717) is 60.6 Å². The van der Waals surface area contributed by atoms with E-state index in [0.717, 1.165) is 5.39 Å². The molecule has 9 nitrogen and oxygen atoms in total. The molecule has 0 radical (unpaired) electrons. The van der Waals surface area contributed by atoms with Gasteiger partial charge in [0, 0.05) is 10.0 Å². The standard InChI is InChI=1S/C28H20Br2N4O5/c1-3-37-22-13-16(24(29)25(30)26(22)38-12-11-31)15-32-34-27(33-19-8-5-4-7-17(19)28(34)35)23-14-18-20(36-2)9-6-10-21(18)39-23/h4-10,13-15H,3,12H2,1-2H3. The molecule has 3 aromatic carbocycles. The van der Waals surface area contributed by atoms with Crippen LogP contribution in [0, 0.1) is 11.3 Å². The molecule has 0 atom stereocenters. The Bertz CT molecular complexity index is 1840. The van der Waals surface area contributed by atoms with Crippen LogP contribution < -0.4 is 19.8 Å². The summed E-state index contributed by atoms with van der Waals surface area (Å²) in [7, 11) is 1.58. The molecule has 0 amide bonds. The second-order valence-corrected chi connectivity index (χ2v) is 9.68. The number of hydrogen-bond acceptors (Lipinski definition) is 8. The van der Waals surface area contributed by atoms with Crippen LogP contribution in [-0.4, -0.2) is 36.2 Å². The van der Waals surface area contributed by atoms with Crippen LogP contribution in [0.3, 0.4) is 0 Å². The minimum Gasteiger partial charge on any atom is -0.496 e. The van der Waals surface area contributed by atoms with E-state index in [4.69, 9.17) is 28.9 Å². The van der Waals surface area contributed by atoms with Gasteiger partial charge in [-0.1, -0.05) is 18.2 Å². The van der Waals surface area contributed by atoms with E-state index < -0.39 is 0 Å². The smallest absolute Gasteiger partial charge is 0.282 e. The first-order valence-corrected chi connectivity index (χ1v) is 13.3. The van der Waals surface area contributed by atoms with Gasteiger partial charge in [0.2, 0.25) is 5.82 Å². The highest BCUT2D eigenvalue weighted by Gasteiger charge is 2.20. The first-order chi connectivity index (χ1) is 19.0. The number of nitriles is 1. The minimum atomic E-state index is -0.367. The van der Waals surface area contributed by atoms with Crippen LogP contribution in [0.1, 0.15) is 12.5 Å². The van der Waals surface area contributed by atoms with Crippen molar-refractivity contribution in [1.29, 1.82) is 5.26 Å². The number of hydrogen-bond donors (Lipinski definition) is 0. The summed E-state index contributed by atoms with van der Waals surface area (Å²) in [6.07, 6.45) is 1.51. The van der Waals surface area contributed by atoms with Crippen LogP contribution in [0.25, 0.3) is 33.5 Å². The number of methoxy groups -OCH3 is 1. The van der Waals surface area contributed by atoms with E-state index in [2.05, 4.69) is 37.0 Å². The molecule has 0 bridgehead atoms. The number of para-hydroxylation sites is 1. The lowest BCUT2D eigenvalue weighted by Gasteiger charge is -2.15. The predicted molar refractivity (Wildman–Crippen MR) is 155 cm³/mol. The normalized spacial score (nSPS) is 11.3. The number of nitrogens with zero attached hydrogens (tertiary/aromatic N) is 4. The summed E-state index contributed by atoms with van der Waals surface area (Å²) >= 11 is 7.06. The first-order valence-electron chi connectivity index (χ1n) is 11.7. The van der Waals surface area contributed by atoms with Crippen LogP contribution >= 0.6 is 31.9 Å². The van der Waals surface area contributed by atoms with Gasteiger partial charge in [-0.15, -0.1) is 0 Å². The zero-order chi connectivity index (χ0) is 27.5. The van der Waals surface area contributed by atoms with Gasteiger partial charge in [0.1, 0.15) is 17.4 Å². The quantitative estimate of drug-likeness (QED) is 0.175. The van der Waals surface area contributed by atoms with E-state index in [1.165, 1.54) is 10.9 Å². The molecule has 11 heteroatoms. The molecule has 0 spiro atoms. The summed E-state index contributed by atoms with van der Waals surface area (Å²) in [6.45, 7) is 2.07. The van der Waals surface area contributed by atoms with Crippen molar-refractivity contribution in [2.24, 2.45) is 5.10 Å². The number of aromatic nitrogens is 2. The molecule has 0 saturated heterocycles. The Morgan fingerprint density at radius 1 is 1.08 bits per heavy atom. The number of fused-ring (bicyclic) bond motifs is 2. The van der Waals surface area contributed by atoms with E-state index in [9.17, 15) is 4.79 Å². The molecule has 0 aliphatic carbocycles. The van der Waals surface area contributed by atoms with Crippen molar-refractivity contribution in [3.8, 4) is 34.9 Å². The molecule has 196 valence electrons. The minimum absolute atomic E-state index is 0.150. The number of rotatable bonds is 8. The van der Waals surface area contributed by atoms with E-state index >= 15 is 0 Å². The zero-order valence-corrected chi connectivity index (χ0v) is 23.9. The van der Waals surface area contributed by atoms with Crippen LogP contribution in [0.4, 0.5) is 0 Å². The molecule has 0 aliphatic heterocycles. The fraction of sp³-hybridized carbons (Fsp3) is 0.143. The lowest BCUT2D eigenvalue weighted by molar-refractivity contribution is 0.297. The molecule has 0 unspecified atom stereocenters. The van der Waals surface area contributed by atoms with Gasteiger partial charge in [0.25, 0.3) is 5.56 Å². The number of benzene rings is 3. The molecular formula is C28H20Br2N4O5. The largest absolute Gasteiger partial charge is 0.496 e. The molecule has 0 N–H and O–H groups in total. The van der Waals surface area contributed by atoms with Crippen molar-refractivity contribution in [1.82, 2.24) is 9.66 Å². The Hall–Kier alpha value is -4.14. The predicted octanol–water partition coefficient (Wildman–Crippen LogP) is 6.53. The summed E-state index contributed by atoms with van der Waals surface area (Å²) in [4.78, 5) is 18.3. The van der Waals surface area contributed by atoms with Gasteiger partial charge in [-0.05, 0) is 75.2 Å². The van der Waals surface area contributed by atoms with Gasteiger partial charge in [-0.25, -0.2) is 4.98 Å². The number of ether oxygens (including phenoxy) is 3. The second-order valence-electron chi connectivity index (χ2n) is 8.10. The molecule has 5 rings (SSSR count). The molecule has 2 aromatic heterocycles. The maximum absolute atomic E-state index is 13.6. The third-order valence-electron chi connectivity index (χ3n) is 5.76. The summed E-state index contributed by atoms with van der Waals surface area (Å²) < 4.78 is 25.2. The van der Waals surface area contributed by atoms with Gasteiger partial charge >= 0.3 is 0 Å². The van der Waals surface area contributed by atoms with Crippen molar-refractivity contribution in [2.75, 3.05) is 20.3 Å². The molecule has 2 heterocycles. The summed E-state index contributed by atoms with van der Waals surface area (Å²) in [5, 5.41) is 14.6. The SMILES string of the molecule is CCOc1cc(C=Nn2c(-c3cc4c(OC)cccc4o3)nc3ccccc3c2=O)c(Br)c(Br)c1OCC#N. The maximum atomic E-state index is 13.6. The van der Waals surface area contributed by atoms with Gasteiger partial charge in [0.15, 0.2) is 23.9 Å². The monoisotopic (exact) mass is 650 g/mol. The molecule has 39 heavy (non-hydrogen) atoms. The summed E-state index contributed by atoms with van der Waals surface area (Å²) in [5.74, 6) is 2.01. The second kappa shape index (κ2) is 11.3. The maximum Gasteiger partial charge on any atom is 0.282 e.